The summed E-state index contributed by atoms with van der Waals surface area (Å²) >= 11 is 0. The quantitative estimate of drug-likeness (QED) is 0.457. The van der Waals surface area contributed by atoms with Crippen molar-refractivity contribution >= 4 is 0 Å². The maximum atomic E-state index is 9.32. The molecule has 0 spiro atoms. The van der Waals surface area contributed by atoms with Crippen molar-refractivity contribution in [2.24, 2.45) is 0 Å². The van der Waals surface area contributed by atoms with E-state index in [0.29, 0.717) is 0 Å². The van der Waals surface area contributed by atoms with E-state index in [1.54, 1.807) is 12.2 Å². The SMILES string of the molecule is COC1(OC)C=CCC(O)(O)C1. The topological polar surface area (TPSA) is 58.9 Å². The summed E-state index contributed by atoms with van der Waals surface area (Å²) in [7, 11) is 2.94. The van der Waals surface area contributed by atoms with E-state index in [9.17, 15) is 10.2 Å². The zero-order valence-corrected chi connectivity index (χ0v) is 7.28. The first-order chi connectivity index (χ1) is 5.54. The van der Waals surface area contributed by atoms with E-state index in [0.717, 1.165) is 0 Å². The molecule has 2 N–H and O–H groups in total. The Morgan fingerprint density at radius 1 is 1.25 bits per heavy atom. The summed E-state index contributed by atoms with van der Waals surface area (Å²) in [5.74, 6) is -2.71. The van der Waals surface area contributed by atoms with Gasteiger partial charge in [-0.15, -0.1) is 0 Å². The first-order valence-electron chi connectivity index (χ1n) is 3.76. The van der Waals surface area contributed by atoms with Crippen molar-refractivity contribution in [3.05, 3.63) is 12.2 Å². The molecule has 70 valence electrons. The summed E-state index contributed by atoms with van der Waals surface area (Å²) in [5, 5.41) is 18.6. The predicted molar refractivity (Wildman–Crippen MR) is 42.3 cm³/mol. The van der Waals surface area contributed by atoms with Crippen LogP contribution in [0.2, 0.25) is 0 Å². The van der Waals surface area contributed by atoms with Gasteiger partial charge in [-0.2, -0.15) is 0 Å². The van der Waals surface area contributed by atoms with Crippen LogP contribution < -0.4 is 0 Å². The molecular formula is C8H14O4. The minimum atomic E-state index is -1.72. The van der Waals surface area contributed by atoms with Crippen molar-refractivity contribution in [3.8, 4) is 0 Å². The molecule has 0 fully saturated rings. The first kappa shape index (κ1) is 9.67. The van der Waals surface area contributed by atoms with Gasteiger partial charge in [0, 0.05) is 20.6 Å². The number of hydrogen-bond donors (Lipinski definition) is 2. The fourth-order valence-corrected chi connectivity index (χ4v) is 1.32. The van der Waals surface area contributed by atoms with E-state index < -0.39 is 11.6 Å². The van der Waals surface area contributed by atoms with Crippen molar-refractivity contribution in [1.82, 2.24) is 0 Å². The summed E-state index contributed by atoms with van der Waals surface area (Å²) in [6.07, 6.45) is 3.57. The lowest BCUT2D eigenvalue weighted by atomic mass is 9.95. The molecule has 12 heavy (non-hydrogen) atoms. The summed E-state index contributed by atoms with van der Waals surface area (Å²) < 4.78 is 10.1. The molecule has 0 radical (unpaired) electrons. The third kappa shape index (κ3) is 1.84. The van der Waals surface area contributed by atoms with Crippen LogP contribution in [0.4, 0.5) is 0 Å². The number of methoxy groups -OCH3 is 2. The van der Waals surface area contributed by atoms with Gasteiger partial charge in [-0.3, -0.25) is 0 Å². The Hall–Kier alpha value is -0.420. The molecule has 0 amide bonds. The zero-order chi connectivity index (χ0) is 9.24. The predicted octanol–water partition coefficient (Wildman–Crippen LogP) is 0.00640. The Kier molecular flexibility index (Phi) is 2.53. The van der Waals surface area contributed by atoms with E-state index >= 15 is 0 Å². The number of rotatable bonds is 2. The van der Waals surface area contributed by atoms with Crippen LogP contribution in [0, 0.1) is 0 Å². The zero-order valence-electron chi connectivity index (χ0n) is 7.28. The molecule has 1 aliphatic rings. The molecule has 0 aromatic heterocycles. The fraction of sp³-hybridized carbons (Fsp3) is 0.750. The van der Waals surface area contributed by atoms with Crippen molar-refractivity contribution in [2.75, 3.05) is 14.2 Å². The van der Waals surface area contributed by atoms with Crippen LogP contribution in [0.1, 0.15) is 12.8 Å². The molecule has 1 rings (SSSR count). The first-order valence-corrected chi connectivity index (χ1v) is 3.76. The highest BCUT2D eigenvalue weighted by molar-refractivity contribution is 5.05. The summed E-state index contributed by atoms with van der Waals surface area (Å²) in [5.41, 5.74) is 0. The second kappa shape index (κ2) is 3.14. The van der Waals surface area contributed by atoms with Gasteiger partial charge in [0.25, 0.3) is 0 Å². The molecule has 4 nitrogen and oxygen atoms in total. The van der Waals surface area contributed by atoms with Crippen molar-refractivity contribution in [3.63, 3.8) is 0 Å². The Labute approximate surface area is 71.4 Å². The highest BCUT2D eigenvalue weighted by atomic mass is 16.7. The average molecular weight is 174 g/mol. The lowest BCUT2D eigenvalue weighted by Gasteiger charge is -2.36. The van der Waals surface area contributed by atoms with Gasteiger partial charge in [0.2, 0.25) is 0 Å². The van der Waals surface area contributed by atoms with Gasteiger partial charge in [0.15, 0.2) is 11.6 Å². The smallest absolute Gasteiger partial charge is 0.192 e. The van der Waals surface area contributed by atoms with Gasteiger partial charge in [-0.25, -0.2) is 0 Å². The van der Waals surface area contributed by atoms with E-state index in [-0.39, 0.29) is 12.8 Å². The largest absolute Gasteiger partial charge is 0.365 e. The Balaban J connectivity index is 2.79. The molecule has 0 aromatic carbocycles. The van der Waals surface area contributed by atoms with Gasteiger partial charge >= 0.3 is 0 Å². The second-order valence-electron chi connectivity index (χ2n) is 2.99. The highest BCUT2D eigenvalue weighted by Crippen LogP contribution is 2.31. The van der Waals surface area contributed by atoms with E-state index in [1.807, 2.05) is 0 Å². The fourth-order valence-electron chi connectivity index (χ4n) is 1.32. The van der Waals surface area contributed by atoms with Gasteiger partial charge in [-0.1, -0.05) is 6.08 Å². The van der Waals surface area contributed by atoms with Crippen molar-refractivity contribution in [1.29, 1.82) is 0 Å². The van der Waals surface area contributed by atoms with Crippen LogP contribution in [0.15, 0.2) is 12.2 Å². The summed E-state index contributed by atoms with van der Waals surface area (Å²) in [6.45, 7) is 0. The van der Waals surface area contributed by atoms with Crippen LogP contribution in [-0.2, 0) is 9.47 Å². The van der Waals surface area contributed by atoms with Crippen LogP contribution in [0.3, 0.4) is 0 Å². The molecule has 4 heteroatoms. The van der Waals surface area contributed by atoms with Crippen LogP contribution in [0.5, 0.6) is 0 Å². The summed E-state index contributed by atoms with van der Waals surface area (Å²) in [4.78, 5) is 0. The second-order valence-corrected chi connectivity index (χ2v) is 2.99. The van der Waals surface area contributed by atoms with E-state index in [1.165, 1.54) is 14.2 Å². The molecule has 0 aromatic rings. The average Bonchev–Trinajstić information content (AvgIpc) is 2.02. The van der Waals surface area contributed by atoms with Gasteiger partial charge in [0.05, 0.1) is 6.42 Å². The molecule has 0 saturated heterocycles. The van der Waals surface area contributed by atoms with Gasteiger partial charge < -0.3 is 19.7 Å². The van der Waals surface area contributed by atoms with Gasteiger partial charge in [-0.05, 0) is 6.08 Å². The van der Waals surface area contributed by atoms with Crippen molar-refractivity contribution < 1.29 is 19.7 Å². The maximum Gasteiger partial charge on any atom is 0.192 e. The molecule has 1 aliphatic carbocycles. The highest BCUT2D eigenvalue weighted by Gasteiger charge is 2.40. The van der Waals surface area contributed by atoms with Gasteiger partial charge in [0.1, 0.15) is 0 Å². The minimum Gasteiger partial charge on any atom is -0.365 e. The number of ether oxygens (including phenoxy) is 2. The molecule has 0 atom stereocenters. The monoisotopic (exact) mass is 174 g/mol. The van der Waals surface area contributed by atoms with Crippen LogP contribution >= 0.6 is 0 Å². The Morgan fingerprint density at radius 3 is 2.17 bits per heavy atom. The normalized spacial score (nSPS) is 25.7. The minimum absolute atomic E-state index is 0.0312. The third-order valence-corrected chi connectivity index (χ3v) is 2.04. The third-order valence-electron chi connectivity index (χ3n) is 2.04. The Bertz CT molecular complexity index is 181. The molecule has 0 saturated carbocycles. The lowest BCUT2D eigenvalue weighted by molar-refractivity contribution is -0.259. The molecule has 0 bridgehead atoms. The van der Waals surface area contributed by atoms with Crippen LogP contribution in [0.25, 0.3) is 0 Å². The molecule has 0 unspecified atom stereocenters. The maximum absolute atomic E-state index is 9.32. The number of hydrogen-bond acceptors (Lipinski definition) is 4. The van der Waals surface area contributed by atoms with Crippen molar-refractivity contribution in [2.45, 2.75) is 24.4 Å². The van der Waals surface area contributed by atoms with E-state index in [2.05, 4.69) is 0 Å². The molecule has 0 heterocycles. The molecule has 0 aliphatic heterocycles. The number of aliphatic hydroxyl groups is 2. The van der Waals surface area contributed by atoms with E-state index in [4.69, 9.17) is 9.47 Å². The molecular weight excluding hydrogens is 160 g/mol. The Morgan fingerprint density at radius 2 is 1.83 bits per heavy atom. The summed E-state index contributed by atoms with van der Waals surface area (Å²) in [6, 6.07) is 0. The van der Waals surface area contributed by atoms with Crippen LogP contribution in [-0.4, -0.2) is 36.0 Å². The standard InChI is InChI=1S/C8H14O4/c1-11-8(12-2)5-3-4-7(9,10)6-8/h3,5,9-10H,4,6H2,1-2H3. The lowest BCUT2D eigenvalue weighted by Crippen LogP contribution is -2.45.